The Morgan fingerprint density at radius 3 is 2.90 bits per heavy atom. The van der Waals surface area contributed by atoms with E-state index in [0.29, 0.717) is 5.76 Å². The number of hydrogen-bond donors (Lipinski definition) is 0. The maximum absolute atomic E-state index is 11.0. The minimum Gasteiger partial charge on any atom is -0.461 e. The lowest BCUT2D eigenvalue weighted by molar-refractivity contribution is 0.0965. The van der Waals surface area contributed by atoms with Gasteiger partial charge in [0.2, 0.25) is 5.78 Å². The van der Waals surface area contributed by atoms with Gasteiger partial charge in [0, 0.05) is 0 Å². The number of halogens is 1. The largest absolute Gasteiger partial charge is 0.461 e. The van der Waals surface area contributed by atoms with Crippen LogP contribution in [0, 0.1) is 0 Å². The quantitative estimate of drug-likeness (QED) is 0.487. The van der Waals surface area contributed by atoms with Gasteiger partial charge in [-0.05, 0) is 19.1 Å². The van der Waals surface area contributed by atoms with Crippen LogP contribution >= 0.6 is 11.6 Å². The van der Waals surface area contributed by atoms with Crippen molar-refractivity contribution in [3.05, 3.63) is 24.2 Å². The van der Waals surface area contributed by atoms with Crippen LogP contribution in [-0.2, 0) is 0 Å². The summed E-state index contributed by atoms with van der Waals surface area (Å²) >= 11 is 5.51. The van der Waals surface area contributed by atoms with Crippen molar-refractivity contribution in [1.82, 2.24) is 0 Å². The van der Waals surface area contributed by atoms with Crippen molar-refractivity contribution < 1.29 is 9.21 Å². The average Bonchev–Trinajstić information content (AvgIpc) is 2.36. The molecule has 1 aromatic heterocycles. The van der Waals surface area contributed by atoms with Gasteiger partial charge in [-0.25, -0.2) is 0 Å². The number of Topliss-reactive ketones (excluding diaryl/α,β-unsaturated/α-hetero) is 1. The molecule has 0 aliphatic carbocycles. The van der Waals surface area contributed by atoms with E-state index >= 15 is 0 Å². The standard InChI is InChI=1S/C7H7ClO2/c1-5(8)7(9)6-3-2-4-10-6/h2-5H,1H3/t5-/m1/s1. The Balaban J connectivity index is 2.78. The first-order valence-electron chi connectivity index (χ1n) is 2.93. The highest BCUT2D eigenvalue weighted by Crippen LogP contribution is 2.07. The van der Waals surface area contributed by atoms with Crippen LogP contribution in [0.3, 0.4) is 0 Å². The van der Waals surface area contributed by atoms with E-state index in [1.807, 2.05) is 0 Å². The summed E-state index contributed by atoms with van der Waals surface area (Å²) in [6.07, 6.45) is 1.45. The lowest BCUT2D eigenvalue weighted by Crippen LogP contribution is -2.08. The van der Waals surface area contributed by atoms with E-state index in [1.54, 1.807) is 19.1 Å². The molecular weight excluding hydrogens is 152 g/mol. The molecule has 0 aromatic carbocycles. The Morgan fingerprint density at radius 1 is 1.80 bits per heavy atom. The van der Waals surface area contributed by atoms with E-state index in [0.717, 1.165) is 0 Å². The molecule has 0 aliphatic rings. The van der Waals surface area contributed by atoms with Gasteiger partial charge in [-0.3, -0.25) is 4.79 Å². The molecule has 0 radical (unpaired) electrons. The van der Waals surface area contributed by atoms with Gasteiger partial charge < -0.3 is 4.42 Å². The predicted molar refractivity (Wildman–Crippen MR) is 38.4 cm³/mol. The summed E-state index contributed by atoms with van der Waals surface area (Å²) in [5, 5.41) is -0.508. The minimum absolute atomic E-state index is 0.174. The topological polar surface area (TPSA) is 30.2 Å². The van der Waals surface area contributed by atoms with Crippen LogP contribution in [0.4, 0.5) is 0 Å². The second-order valence-electron chi connectivity index (χ2n) is 1.96. The number of furan rings is 1. The fraction of sp³-hybridized carbons (Fsp3) is 0.286. The summed E-state index contributed by atoms with van der Waals surface area (Å²) in [6, 6.07) is 3.26. The number of hydrogen-bond acceptors (Lipinski definition) is 2. The second kappa shape index (κ2) is 2.88. The SMILES string of the molecule is C[C@@H](Cl)C(=O)c1ccco1. The fourth-order valence-corrected chi connectivity index (χ4v) is 0.722. The van der Waals surface area contributed by atoms with Crippen molar-refractivity contribution in [1.29, 1.82) is 0 Å². The number of ketones is 1. The Kier molecular flexibility index (Phi) is 2.12. The monoisotopic (exact) mass is 158 g/mol. The van der Waals surface area contributed by atoms with Crippen molar-refractivity contribution in [2.24, 2.45) is 0 Å². The Hall–Kier alpha value is -0.760. The molecule has 0 saturated carbocycles. The number of alkyl halides is 1. The molecule has 2 nitrogen and oxygen atoms in total. The summed E-state index contributed by atoms with van der Waals surface area (Å²) < 4.78 is 4.82. The molecule has 3 heteroatoms. The molecule has 0 amide bonds. The van der Waals surface area contributed by atoms with Crippen LogP contribution in [0.15, 0.2) is 22.8 Å². The average molecular weight is 159 g/mol. The van der Waals surface area contributed by atoms with Crippen LogP contribution in [0.25, 0.3) is 0 Å². The molecular formula is C7H7ClO2. The highest BCUT2D eigenvalue weighted by atomic mass is 35.5. The van der Waals surface area contributed by atoms with Crippen LogP contribution in [0.2, 0.25) is 0 Å². The van der Waals surface area contributed by atoms with Crippen LogP contribution in [-0.4, -0.2) is 11.2 Å². The molecule has 1 atom stereocenters. The molecule has 54 valence electrons. The first-order chi connectivity index (χ1) is 4.72. The Labute approximate surface area is 63.8 Å². The zero-order valence-corrected chi connectivity index (χ0v) is 6.26. The zero-order valence-electron chi connectivity index (χ0n) is 5.50. The number of carbonyl (C=O) groups excluding carboxylic acids is 1. The molecule has 1 aromatic rings. The van der Waals surface area contributed by atoms with Crippen molar-refractivity contribution in [2.75, 3.05) is 0 Å². The molecule has 0 unspecified atom stereocenters. The third kappa shape index (κ3) is 1.39. The van der Waals surface area contributed by atoms with E-state index in [2.05, 4.69) is 0 Å². The molecule has 0 spiro atoms. The van der Waals surface area contributed by atoms with E-state index in [4.69, 9.17) is 16.0 Å². The van der Waals surface area contributed by atoms with Crippen molar-refractivity contribution in [2.45, 2.75) is 12.3 Å². The van der Waals surface area contributed by atoms with Gasteiger partial charge in [0.25, 0.3) is 0 Å². The van der Waals surface area contributed by atoms with Crippen molar-refractivity contribution in [3.8, 4) is 0 Å². The van der Waals surface area contributed by atoms with Gasteiger partial charge in [-0.2, -0.15) is 0 Å². The summed E-state index contributed by atoms with van der Waals surface area (Å²) in [6.45, 7) is 1.62. The highest BCUT2D eigenvalue weighted by molar-refractivity contribution is 6.33. The van der Waals surface area contributed by atoms with Gasteiger partial charge >= 0.3 is 0 Å². The summed E-state index contributed by atoms with van der Waals surface area (Å²) in [5.41, 5.74) is 0. The molecule has 0 saturated heterocycles. The van der Waals surface area contributed by atoms with Crippen molar-refractivity contribution >= 4 is 17.4 Å². The van der Waals surface area contributed by atoms with E-state index in [-0.39, 0.29) is 5.78 Å². The molecule has 10 heavy (non-hydrogen) atoms. The first-order valence-corrected chi connectivity index (χ1v) is 3.37. The zero-order chi connectivity index (χ0) is 7.56. The van der Waals surface area contributed by atoms with Crippen LogP contribution in [0.1, 0.15) is 17.5 Å². The van der Waals surface area contributed by atoms with E-state index < -0.39 is 5.38 Å². The van der Waals surface area contributed by atoms with Gasteiger partial charge in [-0.1, -0.05) is 0 Å². The van der Waals surface area contributed by atoms with Gasteiger partial charge in [0.1, 0.15) is 0 Å². The van der Waals surface area contributed by atoms with Crippen LogP contribution < -0.4 is 0 Å². The molecule has 1 heterocycles. The Morgan fingerprint density at radius 2 is 2.50 bits per heavy atom. The minimum atomic E-state index is -0.508. The summed E-state index contributed by atoms with van der Waals surface area (Å²) in [7, 11) is 0. The molecule has 0 fully saturated rings. The maximum Gasteiger partial charge on any atom is 0.215 e. The normalized spacial score (nSPS) is 13.0. The first kappa shape index (κ1) is 7.35. The maximum atomic E-state index is 11.0. The van der Waals surface area contributed by atoms with Crippen LogP contribution in [0.5, 0.6) is 0 Å². The van der Waals surface area contributed by atoms with Gasteiger partial charge in [-0.15, -0.1) is 11.6 Å². The van der Waals surface area contributed by atoms with Gasteiger partial charge in [0.15, 0.2) is 5.76 Å². The molecule has 0 N–H and O–H groups in total. The fourth-order valence-electron chi connectivity index (χ4n) is 0.615. The third-order valence-corrected chi connectivity index (χ3v) is 1.32. The third-order valence-electron chi connectivity index (χ3n) is 1.13. The van der Waals surface area contributed by atoms with Gasteiger partial charge in [0.05, 0.1) is 11.6 Å². The molecule has 1 rings (SSSR count). The smallest absolute Gasteiger partial charge is 0.215 e. The summed E-state index contributed by atoms with van der Waals surface area (Å²) in [5.74, 6) is 0.147. The predicted octanol–water partition coefficient (Wildman–Crippen LogP) is 2.09. The van der Waals surface area contributed by atoms with E-state index in [1.165, 1.54) is 6.26 Å². The lowest BCUT2D eigenvalue weighted by atomic mass is 10.2. The van der Waals surface area contributed by atoms with Crippen molar-refractivity contribution in [3.63, 3.8) is 0 Å². The number of rotatable bonds is 2. The summed E-state index contributed by atoms with van der Waals surface area (Å²) in [4.78, 5) is 11.0. The highest BCUT2D eigenvalue weighted by Gasteiger charge is 2.13. The second-order valence-corrected chi connectivity index (χ2v) is 2.61. The lowest BCUT2D eigenvalue weighted by Gasteiger charge is -1.95. The van der Waals surface area contributed by atoms with E-state index in [9.17, 15) is 4.79 Å². The number of carbonyl (C=O) groups is 1. The Bertz CT molecular complexity index is 214. The molecule has 0 aliphatic heterocycles. The molecule has 0 bridgehead atoms.